The molecule has 2 N–H and O–H groups in total. The van der Waals surface area contributed by atoms with Crippen LogP contribution in [0.1, 0.15) is 24.0 Å². The predicted octanol–water partition coefficient (Wildman–Crippen LogP) is 4.15. The number of methoxy groups -OCH3 is 1. The predicted molar refractivity (Wildman–Crippen MR) is 123 cm³/mol. The highest BCUT2D eigenvalue weighted by molar-refractivity contribution is 14.0. The molecule has 6 heteroatoms. The third kappa shape index (κ3) is 8.51. The monoisotopic (exact) mass is 483 g/mol. The SMILES string of the molecule is CN=C(NCCCCOc1ccc(C)cc1)NCc1ccccc1OC.I. The molecule has 0 spiro atoms. The molecule has 0 unspecified atom stereocenters. The van der Waals surface area contributed by atoms with Gasteiger partial charge in [0.05, 0.1) is 13.7 Å². The first-order chi connectivity index (χ1) is 12.7. The fraction of sp³-hybridized carbons (Fsp3) is 0.381. The standard InChI is InChI=1S/C21H29N3O2.HI/c1-17-10-12-19(13-11-17)26-15-7-6-14-23-21(22-2)24-16-18-8-4-5-9-20(18)25-3;/h4-5,8-13H,6-7,14-16H2,1-3H3,(H2,22,23,24);1H. The zero-order valence-electron chi connectivity index (χ0n) is 16.3. The number of hydrogen-bond acceptors (Lipinski definition) is 3. The van der Waals surface area contributed by atoms with Gasteiger partial charge in [-0.25, -0.2) is 0 Å². The molecule has 2 aromatic rings. The van der Waals surface area contributed by atoms with Crippen LogP contribution in [0.15, 0.2) is 53.5 Å². The van der Waals surface area contributed by atoms with Crippen molar-refractivity contribution in [1.82, 2.24) is 10.6 Å². The minimum Gasteiger partial charge on any atom is -0.496 e. The lowest BCUT2D eigenvalue weighted by molar-refractivity contribution is 0.307. The topological polar surface area (TPSA) is 54.9 Å². The highest BCUT2D eigenvalue weighted by atomic mass is 127. The molecule has 0 heterocycles. The summed E-state index contributed by atoms with van der Waals surface area (Å²) >= 11 is 0. The van der Waals surface area contributed by atoms with Crippen LogP contribution >= 0.6 is 24.0 Å². The number of rotatable bonds is 9. The lowest BCUT2D eigenvalue weighted by Crippen LogP contribution is -2.37. The lowest BCUT2D eigenvalue weighted by Gasteiger charge is -2.13. The van der Waals surface area contributed by atoms with Gasteiger partial charge in [-0.3, -0.25) is 4.99 Å². The van der Waals surface area contributed by atoms with E-state index in [2.05, 4.69) is 34.7 Å². The average molecular weight is 483 g/mol. The van der Waals surface area contributed by atoms with E-state index in [1.165, 1.54) is 5.56 Å². The molecular weight excluding hydrogens is 453 g/mol. The Balaban J connectivity index is 0.00000364. The minimum absolute atomic E-state index is 0. The Morgan fingerprint density at radius 1 is 1.00 bits per heavy atom. The molecule has 2 aromatic carbocycles. The minimum atomic E-state index is 0. The fourth-order valence-corrected chi connectivity index (χ4v) is 2.51. The Morgan fingerprint density at radius 3 is 2.44 bits per heavy atom. The molecule has 0 saturated carbocycles. The summed E-state index contributed by atoms with van der Waals surface area (Å²) in [6, 6.07) is 16.1. The number of hydrogen-bond donors (Lipinski definition) is 2. The normalized spacial score (nSPS) is 10.7. The second-order valence-electron chi connectivity index (χ2n) is 6.03. The van der Waals surface area contributed by atoms with Crippen molar-refractivity contribution in [3.05, 3.63) is 59.7 Å². The number of nitrogens with one attached hydrogen (secondary N) is 2. The second-order valence-corrected chi connectivity index (χ2v) is 6.03. The summed E-state index contributed by atoms with van der Waals surface area (Å²) in [7, 11) is 3.46. The molecular formula is C21H30IN3O2. The summed E-state index contributed by atoms with van der Waals surface area (Å²) in [5.74, 6) is 2.59. The Morgan fingerprint density at radius 2 is 1.74 bits per heavy atom. The van der Waals surface area contributed by atoms with Gasteiger partial charge in [0.1, 0.15) is 11.5 Å². The van der Waals surface area contributed by atoms with E-state index in [0.717, 1.165) is 49.0 Å². The average Bonchev–Trinajstić information content (AvgIpc) is 2.68. The van der Waals surface area contributed by atoms with E-state index >= 15 is 0 Å². The summed E-state index contributed by atoms with van der Waals surface area (Å²) in [5.41, 5.74) is 2.35. The van der Waals surface area contributed by atoms with Gasteiger partial charge in [-0.2, -0.15) is 0 Å². The third-order valence-electron chi connectivity index (χ3n) is 4.02. The number of halogens is 1. The highest BCUT2D eigenvalue weighted by Gasteiger charge is 2.03. The lowest BCUT2D eigenvalue weighted by atomic mass is 10.2. The molecule has 0 fully saturated rings. The van der Waals surface area contributed by atoms with Crippen molar-refractivity contribution in [2.75, 3.05) is 27.3 Å². The molecule has 0 aromatic heterocycles. The first-order valence-corrected chi connectivity index (χ1v) is 8.99. The van der Waals surface area contributed by atoms with Gasteiger partial charge >= 0.3 is 0 Å². The number of para-hydroxylation sites is 1. The van der Waals surface area contributed by atoms with Crippen LogP contribution in [0.3, 0.4) is 0 Å². The van der Waals surface area contributed by atoms with Crippen LogP contribution < -0.4 is 20.1 Å². The molecule has 0 saturated heterocycles. The first kappa shape index (κ1) is 23.1. The summed E-state index contributed by atoms with van der Waals surface area (Å²) in [6.45, 7) is 4.31. The quantitative estimate of drug-likeness (QED) is 0.244. The van der Waals surface area contributed by atoms with E-state index < -0.39 is 0 Å². The van der Waals surface area contributed by atoms with Crippen LogP contribution in [0.2, 0.25) is 0 Å². The molecule has 5 nitrogen and oxygen atoms in total. The maximum Gasteiger partial charge on any atom is 0.191 e. The van der Waals surface area contributed by atoms with Crippen molar-refractivity contribution in [3.8, 4) is 11.5 Å². The summed E-state index contributed by atoms with van der Waals surface area (Å²) in [5, 5.41) is 6.64. The maximum absolute atomic E-state index is 5.74. The Kier molecular flexibility index (Phi) is 11.3. The van der Waals surface area contributed by atoms with Crippen molar-refractivity contribution in [2.45, 2.75) is 26.3 Å². The van der Waals surface area contributed by atoms with Gasteiger partial charge in [-0.1, -0.05) is 35.9 Å². The van der Waals surface area contributed by atoms with E-state index in [1.54, 1.807) is 14.2 Å². The number of unbranched alkanes of at least 4 members (excludes halogenated alkanes) is 1. The van der Waals surface area contributed by atoms with Gasteiger partial charge in [0, 0.05) is 25.7 Å². The third-order valence-corrected chi connectivity index (χ3v) is 4.02. The van der Waals surface area contributed by atoms with Gasteiger partial charge in [0.2, 0.25) is 0 Å². The summed E-state index contributed by atoms with van der Waals surface area (Å²) < 4.78 is 11.1. The van der Waals surface area contributed by atoms with E-state index in [9.17, 15) is 0 Å². The molecule has 27 heavy (non-hydrogen) atoms. The van der Waals surface area contributed by atoms with E-state index in [0.29, 0.717) is 6.54 Å². The van der Waals surface area contributed by atoms with E-state index in [4.69, 9.17) is 9.47 Å². The van der Waals surface area contributed by atoms with Crippen LogP contribution in [0.4, 0.5) is 0 Å². The number of nitrogens with zero attached hydrogens (tertiary/aromatic N) is 1. The molecule has 0 bridgehead atoms. The van der Waals surface area contributed by atoms with E-state index in [1.807, 2.05) is 36.4 Å². The second kappa shape index (κ2) is 13.2. The molecule has 0 aliphatic rings. The molecule has 0 radical (unpaired) electrons. The van der Waals surface area contributed by atoms with Gasteiger partial charge in [0.15, 0.2) is 5.96 Å². The molecule has 148 valence electrons. The van der Waals surface area contributed by atoms with E-state index in [-0.39, 0.29) is 24.0 Å². The fourth-order valence-electron chi connectivity index (χ4n) is 2.51. The molecule has 2 rings (SSSR count). The molecule has 0 aliphatic heterocycles. The Bertz CT molecular complexity index is 690. The number of guanidine groups is 1. The maximum atomic E-state index is 5.74. The van der Waals surface area contributed by atoms with Gasteiger partial charge < -0.3 is 20.1 Å². The number of aryl methyl sites for hydroxylation is 1. The van der Waals surface area contributed by atoms with Crippen molar-refractivity contribution in [2.24, 2.45) is 4.99 Å². The highest BCUT2D eigenvalue weighted by Crippen LogP contribution is 2.16. The van der Waals surface area contributed by atoms with Crippen molar-refractivity contribution in [1.29, 1.82) is 0 Å². The molecule has 0 atom stereocenters. The summed E-state index contributed by atoms with van der Waals surface area (Å²) in [4.78, 5) is 4.25. The number of aliphatic imine (C=N–C) groups is 1. The van der Waals surface area contributed by atoms with Crippen LogP contribution in [0, 0.1) is 6.92 Å². The van der Waals surface area contributed by atoms with Crippen LogP contribution in [-0.2, 0) is 6.54 Å². The van der Waals surface area contributed by atoms with Crippen LogP contribution in [-0.4, -0.2) is 33.3 Å². The van der Waals surface area contributed by atoms with Gasteiger partial charge in [-0.05, 0) is 38.0 Å². The smallest absolute Gasteiger partial charge is 0.191 e. The Hall–Kier alpha value is -1.96. The van der Waals surface area contributed by atoms with Crippen molar-refractivity contribution < 1.29 is 9.47 Å². The van der Waals surface area contributed by atoms with Gasteiger partial charge in [0.25, 0.3) is 0 Å². The summed E-state index contributed by atoms with van der Waals surface area (Å²) in [6.07, 6.45) is 2.01. The van der Waals surface area contributed by atoms with Crippen molar-refractivity contribution >= 4 is 29.9 Å². The molecule has 0 amide bonds. The van der Waals surface area contributed by atoms with Gasteiger partial charge in [-0.15, -0.1) is 24.0 Å². The van der Waals surface area contributed by atoms with Crippen molar-refractivity contribution in [3.63, 3.8) is 0 Å². The zero-order chi connectivity index (χ0) is 18.6. The number of benzene rings is 2. The molecule has 0 aliphatic carbocycles. The first-order valence-electron chi connectivity index (χ1n) is 8.99. The van der Waals surface area contributed by atoms with Crippen LogP contribution in [0.5, 0.6) is 11.5 Å². The zero-order valence-corrected chi connectivity index (χ0v) is 18.7. The Labute approximate surface area is 179 Å². The number of ether oxygens (including phenoxy) is 2. The largest absolute Gasteiger partial charge is 0.496 e. The van der Waals surface area contributed by atoms with Crippen LogP contribution in [0.25, 0.3) is 0 Å².